The van der Waals surface area contributed by atoms with Crippen molar-refractivity contribution in [1.29, 1.82) is 0 Å². The number of benzene rings is 2. The Morgan fingerprint density at radius 1 is 1.00 bits per heavy atom. The lowest BCUT2D eigenvalue weighted by Gasteiger charge is -2.29. The van der Waals surface area contributed by atoms with Gasteiger partial charge in [-0.2, -0.15) is 0 Å². The molecule has 5 nitrogen and oxygen atoms in total. The summed E-state index contributed by atoms with van der Waals surface area (Å²) in [4.78, 5) is 0. The fourth-order valence-electron chi connectivity index (χ4n) is 2.10. The number of nitrogens with zero attached hydrogens (tertiary/aromatic N) is 3. The summed E-state index contributed by atoms with van der Waals surface area (Å²) in [6.07, 6.45) is 3.25. The Kier molecular flexibility index (Phi) is 3.66. The van der Waals surface area contributed by atoms with Crippen LogP contribution < -0.4 is 4.74 Å². The lowest BCUT2D eigenvalue weighted by atomic mass is 10.1. The molecular formula is C16H15N3O2. The van der Waals surface area contributed by atoms with Crippen LogP contribution in [0.4, 0.5) is 0 Å². The van der Waals surface area contributed by atoms with Gasteiger partial charge in [0.25, 0.3) is 5.79 Å². The maximum Gasteiger partial charge on any atom is 0.254 e. The SMILES string of the molecule is OC(Cn1ccnn1)(Oc1ccccc1)c1ccccc1. The van der Waals surface area contributed by atoms with Crippen LogP contribution in [0.15, 0.2) is 73.1 Å². The summed E-state index contributed by atoms with van der Waals surface area (Å²) in [6.45, 7) is 0.145. The van der Waals surface area contributed by atoms with Gasteiger partial charge in [0.2, 0.25) is 0 Å². The van der Waals surface area contributed by atoms with E-state index in [0.717, 1.165) is 0 Å². The van der Waals surface area contributed by atoms with Crippen LogP contribution in [-0.4, -0.2) is 20.1 Å². The molecule has 0 aliphatic heterocycles. The highest BCUT2D eigenvalue weighted by atomic mass is 16.6. The minimum absolute atomic E-state index is 0.145. The van der Waals surface area contributed by atoms with Gasteiger partial charge in [0.1, 0.15) is 12.3 Å². The van der Waals surface area contributed by atoms with Crippen molar-refractivity contribution in [2.75, 3.05) is 0 Å². The topological polar surface area (TPSA) is 60.2 Å². The number of ether oxygens (including phenoxy) is 1. The largest absolute Gasteiger partial charge is 0.456 e. The van der Waals surface area contributed by atoms with Crippen molar-refractivity contribution in [3.8, 4) is 5.75 Å². The first-order chi connectivity index (χ1) is 10.3. The van der Waals surface area contributed by atoms with Crippen molar-refractivity contribution in [1.82, 2.24) is 15.0 Å². The van der Waals surface area contributed by atoms with Gasteiger partial charge in [-0.15, -0.1) is 5.10 Å². The lowest BCUT2D eigenvalue weighted by molar-refractivity contribution is -0.159. The number of hydrogen-bond acceptors (Lipinski definition) is 4. The molecule has 3 aromatic rings. The van der Waals surface area contributed by atoms with Crippen LogP contribution >= 0.6 is 0 Å². The summed E-state index contributed by atoms with van der Waals surface area (Å²) in [6, 6.07) is 18.5. The highest BCUT2D eigenvalue weighted by Gasteiger charge is 2.33. The Hall–Kier alpha value is -2.66. The smallest absolute Gasteiger partial charge is 0.254 e. The van der Waals surface area contributed by atoms with Crippen LogP contribution in [0.1, 0.15) is 5.56 Å². The fourth-order valence-corrected chi connectivity index (χ4v) is 2.10. The Bertz CT molecular complexity index is 671. The first-order valence-corrected chi connectivity index (χ1v) is 6.62. The van der Waals surface area contributed by atoms with E-state index in [-0.39, 0.29) is 6.54 Å². The van der Waals surface area contributed by atoms with Crippen LogP contribution in [0.2, 0.25) is 0 Å². The Balaban J connectivity index is 1.94. The van der Waals surface area contributed by atoms with Crippen LogP contribution in [0, 0.1) is 0 Å². The fraction of sp³-hybridized carbons (Fsp3) is 0.125. The first-order valence-electron chi connectivity index (χ1n) is 6.62. The summed E-state index contributed by atoms with van der Waals surface area (Å²) in [5, 5.41) is 18.6. The Morgan fingerprint density at radius 3 is 2.29 bits per heavy atom. The van der Waals surface area contributed by atoms with Gasteiger partial charge in [0.05, 0.1) is 6.20 Å². The van der Waals surface area contributed by atoms with Crippen LogP contribution in [-0.2, 0) is 12.3 Å². The molecule has 1 unspecified atom stereocenters. The third-order valence-corrected chi connectivity index (χ3v) is 3.10. The van der Waals surface area contributed by atoms with E-state index in [1.54, 1.807) is 24.5 Å². The molecule has 106 valence electrons. The molecule has 0 amide bonds. The van der Waals surface area contributed by atoms with Gasteiger partial charge in [-0.1, -0.05) is 53.7 Å². The highest BCUT2D eigenvalue weighted by Crippen LogP contribution is 2.27. The summed E-state index contributed by atoms with van der Waals surface area (Å²) in [7, 11) is 0. The van der Waals surface area contributed by atoms with Crippen molar-refractivity contribution < 1.29 is 9.84 Å². The average molecular weight is 281 g/mol. The van der Waals surface area contributed by atoms with E-state index in [2.05, 4.69) is 10.3 Å². The number of para-hydroxylation sites is 1. The van der Waals surface area contributed by atoms with Crippen molar-refractivity contribution in [2.24, 2.45) is 0 Å². The van der Waals surface area contributed by atoms with Crippen LogP contribution in [0.5, 0.6) is 5.75 Å². The molecule has 0 aliphatic rings. The Labute approximate surface area is 122 Å². The first kappa shape index (κ1) is 13.3. The predicted molar refractivity (Wildman–Crippen MR) is 77.4 cm³/mol. The van der Waals surface area contributed by atoms with Crippen molar-refractivity contribution in [3.05, 3.63) is 78.6 Å². The molecule has 0 saturated carbocycles. The molecule has 0 spiro atoms. The molecule has 5 heteroatoms. The molecule has 1 N–H and O–H groups in total. The predicted octanol–water partition coefficient (Wildman–Crippen LogP) is 2.20. The lowest BCUT2D eigenvalue weighted by Crippen LogP contribution is -2.38. The minimum atomic E-state index is -1.52. The zero-order valence-corrected chi connectivity index (χ0v) is 11.3. The maximum absolute atomic E-state index is 11.0. The van der Waals surface area contributed by atoms with Gasteiger partial charge in [0, 0.05) is 11.8 Å². The summed E-state index contributed by atoms with van der Waals surface area (Å²) in [5.41, 5.74) is 0.657. The van der Waals surface area contributed by atoms with Crippen molar-refractivity contribution in [2.45, 2.75) is 12.3 Å². The molecule has 0 fully saturated rings. The maximum atomic E-state index is 11.0. The molecular weight excluding hydrogens is 266 g/mol. The van der Waals surface area contributed by atoms with Gasteiger partial charge >= 0.3 is 0 Å². The monoisotopic (exact) mass is 281 g/mol. The minimum Gasteiger partial charge on any atom is -0.456 e. The molecule has 0 aliphatic carbocycles. The van der Waals surface area contributed by atoms with Gasteiger partial charge in [-0.3, -0.25) is 0 Å². The number of aliphatic hydroxyl groups is 1. The summed E-state index contributed by atoms with van der Waals surface area (Å²) < 4.78 is 7.37. The molecule has 0 radical (unpaired) electrons. The molecule has 2 aromatic carbocycles. The zero-order valence-electron chi connectivity index (χ0n) is 11.3. The van der Waals surface area contributed by atoms with Crippen LogP contribution in [0.25, 0.3) is 0 Å². The van der Waals surface area contributed by atoms with Gasteiger partial charge < -0.3 is 9.84 Å². The van der Waals surface area contributed by atoms with Crippen LogP contribution in [0.3, 0.4) is 0 Å². The molecule has 1 aromatic heterocycles. The molecule has 1 heterocycles. The molecule has 0 saturated heterocycles. The van der Waals surface area contributed by atoms with Crippen molar-refractivity contribution in [3.63, 3.8) is 0 Å². The number of hydrogen-bond donors (Lipinski definition) is 1. The average Bonchev–Trinajstić information content (AvgIpc) is 3.02. The second-order valence-corrected chi connectivity index (χ2v) is 4.67. The van der Waals surface area contributed by atoms with E-state index in [0.29, 0.717) is 11.3 Å². The summed E-state index contributed by atoms with van der Waals surface area (Å²) in [5.74, 6) is -0.931. The third kappa shape index (κ3) is 3.09. The van der Waals surface area contributed by atoms with E-state index in [1.807, 2.05) is 48.5 Å². The van der Waals surface area contributed by atoms with Gasteiger partial charge in [0.15, 0.2) is 0 Å². The van der Waals surface area contributed by atoms with E-state index in [9.17, 15) is 5.11 Å². The second kappa shape index (κ2) is 5.76. The van der Waals surface area contributed by atoms with Gasteiger partial charge in [-0.05, 0) is 12.1 Å². The van der Waals surface area contributed by atoms with E-state index in [4.69, 9.17) is 4.74 Å². The van der Waals surface area contributed by atoms with Gasteiger partial charge in [-0.25, -0.2) is 4.68 Å². The standard InChI is InChI=1S/C16H15N3O2/c20-16(13-19-12-11-17-18-19,14-7-3-1-4-8-14)21-15-9-5-2-6-10-15/h1-12,20H,13H2. The van der Waals surface area contributed by atoms with E-state index in [1.165, 1.54) is 4.68 Å². The Morgan fingerprint density at radius 2 is 1.67 bits per heavy atom. The zero-order chi connectivity index (χ0) is 14.5. The number of rotatable bonds is 5. The second-order valence-electron chi connectivity index (χ2n) is 4.67. The summed E-state index contributed by atoms with van der Waals surface area (Å²) >= 11 is 0. The molecule has 0 bridgehead atoms. The van der Waals surface area contributed by atoms with Crippen molar-refractivity contribution >= 4 is 0 Å². The molecule has 3 rings (SSSR count). The normalized spacial score (nSPS) is 13.6. The number of aromatic nitrogens is 3. The highest BCUT2D eigenvalue weighted by molar-refractivity contribution is 5.26. The third-order valence-electron chi connectivity index (χ3n) is 3.10. The van der Waals surface area contributed by atoms with E-state index >= 15 is 0 Å². The molecule has 1 atom stereocenters. The van der Waals surface area contributed by atoms with E-state index < -0.39 is 5.79 Å². The quantitative estimate of drug-likeness (QED) is 0.728. The molecule has 21 heavy (non-hydrogen) atoms.